The van der Waals surface area contributed by atoms with Crippen molar-refractivity contribution in [1.29, 1.82) is 0 Å². The van der Waals surface area contributed by atoms with E-state index in [1.165, 1.54) is 26.3 Å². The van der Waals surface area contributed by atoms with Crippen LogP contribution in [0.4, 0.5) is 0 Å². The third-order valence-electron chi connectivity index (χ3n) is 7.06. The second-order valence-electron chi connectivity index (χ2n) is 9.75. The number of likely N-dealkylation sites (tertiary alicyclic amines) is 1. The first-order chi connectivity index (χ1) is 18.0. The highest BCUT2D eigenvalue weighted by Gasteiger charge is 2.28. The zero-order valence-electron chi connectivity index (χ0n) is 21.5. The molecule has 0 unspecified atom stereocenters. The Morgan fingerprint density at radius 1 is 1.14 bits per heavy atom. The van der Waals surface area contributed by atoms with E-state index < -0.39 is 0 Å². The second-order valence-corrected chi connectivity index (χ2v) is 9.75. The summed E-state index contributed by atoms with van der Waals surface area (Å²) in [5, 5.41) is 3.14. The quantitative estimate of drug-likeness (QED) is 0.457. The van der Waals surface area contributed by atoms with Gasteiger partial charge in [0.25, 0.3) is 5.91 Å². The predicted octanol–water partition coefficient (Wildman–Crippen LogP) is 3.10. The van der Waals surface area contributed by atoms with Gasteiger partial charge < -0.3 is 29.4 Å². The maximum atomic E-state index is 13.4. The summed E-state index contributed by atoms with van der Waals surface area (Å²) in [4.78, 5) is 39.6. The van der Waals surface area contributed by atoms with Gasteiger partial charge in [0.15, 0.2) is 0 Å². The van der Waals surface area contributed by atoms with Gasteiger partial charge in [0.2, 0.25) is 5.91 Å². The Morgan fingerprint density at radius 2 is 1.92 bits per heavy atom. The lowest BCUT2D eigenvalue weighted by Crippen LogP contribution is -2.47. The summed E-state index contributed by atoms with van der Waals surface area (Å²) in [6.45, 7) is 3.79. The number of aromatic nitrogens is 3. The molecule has 1 aliphatic carbocycles. The van der Waals surface area contributed by atoms with E-state index >= 15 is 0 Å². The van der Waals surface area contributed by atoms with Gasteiger partial charge in [-0.05, 0) is 56.7 Å². The molecule has 0 radical (unpaired) electrons. The summed E-state index contributed by atoms with van der Waals surface area (Å²) in [6, 6.07) is 5.65. The van der Waals surface area contributed by atoms with Crippen molar-refractivity contribution < 1.29 is 23.8 Å². The minimum Gasteiger partial charge on any atom is -0.497 e. The number of ether oxygens (including phenoxy) is 3. The van der Waals surface area contributed by atoms with Gasteiger partial charge in [-0.25, -0.2) is 9.97 Å². The summed E-state index contributed by atoms with van der Waals surface area (Å²) in [7, 11) is 3.14. The Morgan fingerprint density at radius 3 is 2.62 bits per heavy atom. The molecule has 5 rings (SSSR count). The van der Waals surface area contributed by atoms with Gasteiger partial charge in [-0.3, -0.25) is 9.59 Å². The van der Waals surface area contributed by atoms with Crippen LogP contribution in [0.3, 0.4) is 0 Å². The lowest BCUT2D eigenvalue weighted by Gasteiger charge is -2.32. The van der Waals surface area contributed by atoms with Gasteiger partial charge >= 0.3 is 0 Å². The van der Waals surface area contributed by atoms with E-state index in [-0.39, 0.29) is 24.5 Å². The molecule has 196 valence electrons. The van der Waals surface area contributed by atoms with Gasteiger partial charge in [0.05, 0.1) is 24.8 Å². The van der Waals surface area contributed by atoms with Crippen molar-refractivity contribution >= 4 is 22.8 Å². The molecular formula is C27H33N5O5. The number of H-pyrrole nitrogens is 1. The molecule has 2 fully saturated rings. The van der Waals surface area contributed by atoms with Crippen LogP contribution in [-0.4, -0.2) is 78.2 Å². The Kier molecular flexibility index (Phi) is 7.27. The van der Waals surface area contributed by atoms with Crippen molar-refractivity contribution in [1.82, 2.24) is 25.2 Å². The molecule has 0 atom stereocenters. The van der Waals surface area contributed by atoms with Gasteiger partial charge in [-0.2, -0.15) is 0 Å². The minimum absolute atomic E-state index is 0.0226. The highest BCUT2D eigenvalue weighted by Crippen LogP contribution is 2.38. The maximum Gasteiger partial charge on any atom is 0.255 e. The van der Waals surface area contributed by atoms with E-state index in [0.29, 0.717) is 72.2 Å². The lowest BCUT2D eigenvalue weighted by atomic mass is 10.0. The fourth-order valence-corrected chi connectivity index (χ4v) is 4.79. The molecule has 1 aliphatic heterocycles. The number of aryl methyl sites for hydroxylation is 1. The molecule has 1 saturated heterocycles. The number of rotatable bonds is 9. The molecule has 2 aromatic heterocycles. The molecule has 10 nitrogen and oxygen atoms in total. The fourth-order valence-electron chi connectivity index (χ4n) is 4.79. The average Bonchev–Trinajstić information content (AvgIpc) is 3.67. The highest BCUT2D eigenvalue weighted by atomic mass is 16.5. The van der Waals surface area contributed by atoms with Crippen LogP contribution in [0.2, 0.25) is 0 Å². The number of nitrogens with zero attached hydrogens (tertiary/aromatic N) is 3. The number of amides is 2. The van der Waals surface area contributed by atoms with Crippen LogP contribution in [0.1, 0.15) is 41.7 Å². The SMILES string of the molecule is COCC(=O)N1CCC(NC(=O)c2c(C)[nH]c3c(-c4cc(OC)ccc4OCC4CC4)ncnc23)CC1. The molecule has 2 amide bonds. The molecule has 1 saturated carbocycles. The molecule has 10 heteroatoms. The molecule has 1 aromatic carbocycles. The number of fused-ring (bicyclic) bond motifs is 1. The Labute approximate surface area is 215 Å². The third kappa shape index (κ3) is 5.39. The number of hydrogen-bond acceptors (Lipinski definition) is 7. The largest absolute Gasteiger partial charge is 0.497 e. The first-order valence-corrected chi connectivity index (χ1v) is 12.7. The third-order valence-corrected chi connectivity index (χ3v) is 7.06. The molecule has 0 bridgehead atoms. The van der Waals surface area contributed by atoms with Crippen molar-refractivity contribution in [3.63, 3.8) is 0 Å². The van der Waals surface area contributed by atoms with E-state index in [9.17, 15) is 9.59 Å². The monoisotopic (exact) mass is 507 g/mol. The summed E-state index contributed by atoms with van der Waals surface area (Å²) < 4.78 is 16.6. The molecule has 3 aromatic rings. The smallest absolute Gasteiger partial charge is 0.255 e. The van der Waals surface area contributed by atoms with E-state index in [4.69, 9.17) is 14.2 Å². The standard InChI is InChI=1S/C27H33N5O5/c1-16-23(27(34)31-18-8-10-32(11-9-18)22(33)14-35-2)25-26(30-16)24(28-15-29-25)20-12-19(36-3)6-7-21(20)37-13-17-4-5-17/h6-7,12,15,17-18,30H,4-5,8-11,13-14H2,1-3H3,(H,31,34). The van der Waals surface area contributed by atoms with Crippen molar-refractivity contribution in [2.24, 2.45) is 5.92 Å². The number of methoxy groups -OCH3 is 2. The molecule has 0 spiro atoms. The Hall–Kier alpha value is -3.66. The summed E-state index contributed by atoms with van der Waals surface area (Å²) in [6.07, 6.45) is 5.24. The number of nitrogens with one attached hydrogen (secondary N) is 2. The van der Waals surface area contributed by atoms with Crippen LogP contribution in [-0.2, 0) is 9.53 Å². The number of benzene rings is 1. The molecule has 2 aliphatic rings. The van der Waals surface area contributed by atoms with Crippen LogP contribution >= 0.6 is 0 Å². The normalized spacial score (nSPS) is 16.1. The first kappa shape index (κ1) is 25.0. The molecular weight excluding hydrogens is 474 g/mol. The number of carbonyl (C=O) groups excluding carboxylic acids is 2. The van der Waals surface area contributed by atoms with Crippen LogP contribution < -0.4 is 14.8 Å². The molecule has 2 N–H and O–H groups in total. The Balaban J connectivity index is 1.39. The van der Waals surface area contributed by atoms with Crippen LogP contribution in [0.15, 0.2) is 24.5 Å². The maximum absolute atomic E-state index is 13.4. The zero-order valence-corrected chi connectivity index (χ0v) is 21.5. The van der Waals surface area contributed by atoms with Crippen molar-refractivity contribution in [2.75, 3.05) is 40.5 Å². The zero-order chi connectivity index (χ0) is 25.9. The van der Waals surface area contributed by atoms with E-state index in [0.717, 1.165) is 11.3 Å². The Bertz CT molecular complexity index is 1290. The van der Waals surface area contributed by atoms with Crippen molar-refractivity contribution in [3.05, 3.63) is 35.8 Å². The van der Waals surface area contributed by atoms with Gasteiger partial charge in [0.1, 0.15) is 35.6 Å². The number of hydrogen-bond donors (Lipinski definition) is 2. The molecule has 37 heavy (non-hydrogen) atoms. The van der Waals surface area contributed by atoms with Gasteiger partial charge in [-0.1, -0.05) is 0 Å². The topological polar surface area (TPSA) is 119 Å². The molecule has 3 heterocycles. The number of aromatic amines is 1. The average molecular weight is 508 g/mol. The predicted molar refractivity (Wildman–Crippen MR) is 138 cm³/mol. The van der Waals surface area contributed by atoms with Gasteiger partial charge in [-0.15, -0.1) is 0 Å². The van der Waals surface area contributed by atoms with Crippen LogP contribution in [0, 0.1) is 12.8 Å². The fraction of sp³-hybridized carbons (Fsp3) is 0.481. The van der Waals surface area contributed by atoms with Crippen LogP contribution in [0.5, 0.6) is 11.5 Å². The van der Waals surface area contributed by atoms with E-state index in [1.54, 1.807) is 12.0 Å². The second kappa shape index (κ2) is 10.8. The van der Waals surface area contributed by atoms with E-state index in [2.05, 4.69) is 20.3 Å². The lowest BCUT2D eigenvalue weighted by molar-refractivity contribution is -0.136. The van der Waals surface area contributed by atoms with Gasteiger partial charge in [0, 0.05) is 37.5 Å². The van der Waals surface area contributed by atoms with Crippen LogP contribution in [0.25, 0.3) is 22.3 Å². The summed E-state index contributed by atoms with van der Waals surface area (Å²) in [5.74, 6) is 1.80. The number of carbonyl (C=O) groups is 2. The summed E-state index contributed by atoms with van der Waals surface area (Å²) in [5.41, 5.74) is 3.89. The number of piperidine rings is 1. The van der Waals surface area contributed by atoms with Crippen molar-refractivity contribution in [3.8, 4) is 22.8 Å². The van der Waals surface area contributed by atoms with Crippen molar-refractivity contribution in [2.45, 2.75) is 38.6 Å². The first-order valence-electron chi connectivity index (χ1n) is 12.7. The highest BCUT2D eigenvalue weighted by molar-refractivity contribution is 6.09. The minimum atomic E-state index is -0.189. The summed E-state index contributed by atoms with van der Waals surface area (Å²) >= 11 is 0. The van der Waals surface area contributed by atoms with E-state index in [1.807, 2.05) is 25.1 Å².